The molecule has 0 saturated heterocycles. The number of nitrogen functional groups attached to an aromatic ring is 1. The zero-order valence-corrected chi connectivity index (χ0v) is 12.4. The van der Waals surface area contributed by atoms with Crippen molar-refractivity contribution >= 4 is 17.4 Å². The number of rotatable bonds is 5. The van der Waals surface area contributed by atoms with Gasteiger partial charge in [0, 0.05) is 11.6 Å². The Morgan fingerprint density at radius 3 is 2.62 bits per heavy atom. The molecule has 0 heterocycles. The standard InChI is InChI=1S/C16H22N2O3/c1-11(19)12-7-8-15(14(17)9-12)21-10-16(20)18-13-5-3-2-4-6-13/h7-9,13H,2-6,10,17H2,1H3,(H,18,20). The fourth-order valence-electron chi connectivity index (χ4n) is 2.56. The lowest BCUT2D eigenvalue weighted by Gasteiger charge is -2.22. The Hall–Kier alpha value is -2.04. The predicted octanol–water partition coefficient (Wildman–Crippen LogP) is 2.30. The largest absolute Gasteiger partial charge is 0.482 e. The molecular weight excluding hydrogens is 268 g/mol. The molecule has 1 aromatic carbocycles. The van der Waals surface area contributed by atoms with Crippen molar-refractivity contribution in [2.24, 2.45) is 0 Å². The monoisotopic (exact) mass is 290 g/mol. The number of Topliss-reactive ketones (excluding diaryl/α,β-unsaturated/α-hetero) is 1. The number of ether oxygens (including phenoxy) is 1. The Kier molecular flexibility index (Phi) is 5.20. The summed E-state index contributed by atoms with van der Waals surface area (Å²) in [5, 5.41) is 2.98. The van der Waals surface area contributed by atoms with E-state index in [9.17, 15) is 9.59 Å². The number of nitrogens with one attached hydrogen (secondary N) is 1. The van der Waals surface area contributed by atoms with Gasteiger partial charge in [-0.1, -0.05) is 19.3 Å². The first-order valence-electron chi connectivity index (χ1n) is 7.39. The molecule has 0 spiro atoms. The maximum atomic E-state index is 11.8. The summed E-state index contributed by atoms with van der Waals surface area (Å²) >= 11 is 0. The van der Waals surface area contributed by atoms with Gasteiger partial charge in [-0.25, -0.2) is 0 Å². The van der Waals surface area contributed by atoms with E-state index in [0.29, 0.717) is 17.0 Å². The first kappa shape index (κ1) is 15.4. The van der Waals surface area contributed by atoms with Gasteiger partial charge in [-0.05, 0) is 38.0 Å². The van der Waals surface area contributed by atoms with Crippen molar-refractivity contribution < 1.29 is 14.3 Å². The molecule has 5 nitrogen and oxygen atoms in total. The van der Waals surface area contributed by atoms with Gasteiger partial charge in [-0.15, -0.1) is 0 Å². The van der Waals surface area contributed by atoms with Gasteiger partial charge in [0.25, 0.3) is 5.91 Å². The molecule has 1 aromatic rings. The van der Waals surface area contributed by atoms with Crippen molar-refractivity contribution in [2.75, 3.05) is 12.3 Å². The van der Waals surface area contributed by atoms with Crippen LogP contribution in [0.4, 0.5) is 5.69 Å². The summed E-state index contributed by atoms with van der Waals surface area (Å²) in [6.07, 6.45) is 5.68. The summed E-state index contributed by atoms with van der Waals surface area (Å²) in [5.74, 6) is 0.249. The van der Waals surface area contributed by atoms with Crippen LogP contribution in [0.15, 0.2) is 18.2 Å². The van der Waals surface area contributed by atoms with Crippen LogP contribution in [-0.2, 0) is 4.79 Å². The number of ketones is 1. The van der Waals surface area contributed by atoms with E-state index in [-0.39, 0.29) is 24.3 Å². The molecular formula is C16H22N2O3. The minimum atomic E-state index is -0.128. The minimum Gasteiger partial charge on any atom is -0.482 e. The summed E-state index contributed by atoms with van der Waals surface area (Å²) < 4.78 is 5.43. The highest BCUT2D eigenvalue weighted by atomic mass is 16.5. The Morgan fingerprint density at radius 1 is 1.29 bits per heavy atom. The first-order valence-corrected chi connectivity index (χ1v) is 7.39. The fraction of sp³-hybridized carbons (Fsp3) is 0.500. The van der Waals surface area contributed by atoms with E-state index in [2.05, 4.69) is 5.32 Å². The van der Waals surface area contributed by atoms with Crippen molar-refractivity contribution in [3.8, 4) is 5.75 Å². The Labute approximate surface area is 124 Å². The van der Waals surface area contributed by atoms with Gasteiger partial charge in [0.2, 0.25) is 0 Å². The van der Waals surface area contributed by atoms with E-state index in [0.717, 1.165) is 12.8 Å². The van der Waals surface area contributed by atoms with E-state index in [1.807, 2.05) is 0 Å². The SMILES string of the molecule is CC(=O)c1ccc(OCC(=O)NC2CCCCC2)c(N)c1. The molecule has 0 radical (unpaired) electrons. The average Bonchev–Trinajstić information content (AvgIpc) is 2.47. The molecule has 2 rings (SSSR count). The molecule has 0 unspecified atom stereocenters. The molecule has 0 bridgehead atoms. The van der Waals surface area contributed by atoms with Gasteiger partial charge in [-0.3, -0.25) is 9.59 Å². The Morgan fingerprint density at radius 2 is 2.00 bits per heavy atom. The second-order valence-corrected chi connectivity index (χ2v) is 5.50. The van der Waals surface area contributed by atoms with Gasteiger partial charge in [0.1, 0.15) is 5.75 Å². The number of hydrogen-bond acceptors (Lipinski definition) is 4. The molecule has 0 aliphatic heterocycles. The zero-order valence-electron chi connectivity index (χ0n) is 12.4. The van der Waals surface area contributed by atoms with Crippen LogP contribution in [0.2, 0.25) is 0 Å². The molecule has 1 saturated carbocycles. The fourth-order valence-corrected chi connectivity index (χ4v) is 2.56. The number of carbonyl (C=O) groups excluding carboxylic acids is 2. The summed E-state index contributed by atoms with van der Waals surface area (Å²) in [6, 6.07) is 5.11. The van der Waals surface area contributed by atoms with E-state index < -0.39 is 0 Å². The topological polar surface area (TPSA) is 81.4 Å². The molecule has 1 fully saturated rings. The van der Waals surface area contributed by atoms with Crippen LogP contribution >= 0.6 is 0 Å². The lowest BCUT2D eigenvalue weighted by atomic mass is 9.95. The van der Waals surface area contributed by atoms with Crippen LogP contribution < -0.4 is 15.8 Å². The van der Waals surface area contributed by atoms with Gasteiger partial charge < -0.3 is 15.8 Å². The highest BCUT2D eigenvalue weighted by Gasteiger charge is 2.16. The molecule has 1 aliphatic rings. The smallest absolute Gasteiger partial charge is 0.258 e. The highest BCUT2D eigenvalue weighted by molar-refractivity contribution is 5.95. The van der Waals surface area contributed by atoms with Crippen LogP contribution in [0.3, 0.4) is 0 Å². The van der Waals surface area contributed by atoms with Crippen molar-refractivity contribution in [3.05, 3.63) is 23.8 Å². The summed E-state index contributed by atoms with van der Waals surface area (Å²) in [4.78, 5) is 23.1. The number of anilines is 1. The van der Waals surface area contributed by atoms with Crippen LogP contribution in [-0.4, -0.2) is 24.3 Å². The predicted molar refractivity (Wildman–Crippen MR) is 81.4 cm³/mol. The summed E-state index contributed by atoms with van der Waals surface area (Å²) in [5.41, 5.74) is 6.72. The number of amides is 1. The minimum absolute atomic E-state index is 0.0525. The molecule has 0 aromatic heterocycles. The third-order valence-corrected chi connectivity index (χ3v) is 3.75. The second kappa shape index (κ2) is 7.11. The molecule has 114 valence electrons. The Balaban J connectivity index is 1.84. The van der Waals surface area contributed by atoms with Crippen molar-refractivity contribution in [2.45, 2.75) is 45.1 Å². The number of benzene rings is 1. The zero-order chi connectivity index (χ0) is 15.2. The average molecular weight is 290 g/mol. The number of nitrogens with two attached hydrogens (primary N) is 1. The quantitative estimate of drug-likeness (QED) is 0.644. The lowest BCUT2D eigenvalue weighted by molar-refractivity contribution is -0.124. The van der Waals surface area contributed by atoms with Crippen molar-refractivity contribution in [1.29, 1.82) is 0 Å². The number of hydrogen-bond donors (Lipinski definition) is 2. The third-order valence-electron chi connectivity index (χ3n) is 3.75. The summed E-state index contributed by atoms with van der Waals surface area (Å²) in [6.45, 7) is 1.42. The van der Waals surface area contributed by atoms with Gasteiger partial charge in [-0.2, -0.15) is 0 Å². The van der Waals surface area contributed by atoms with E-state index >= 15 is 0 Å². The first-order chi connectivity index (χ1) is 10.1. The van der Waals surface area contributed by atoms with Gasteiger partial charge in [0.05, 0.1) is 5.69 Å². The third kappa shape index (κ3) is 4.48. The maximum Gasteiger partial charge on any atom is 0.258 e. The normalized spacial score (nSPS) is 15.5. The molecule has 3 N–H and O–H groups in total. The molecule has 1 amide bonds. The molecule has 21 heavy (non-hydrogen) atoms. The second-order valence-electron chi connectivity index (χ2n) is 5.50. The number of carbonyl (C=O) groups is 2. The van der Waals surface area contributed by atoms with Crippen molar-refractivity contribution in [3.63, 3.8) is 0 Å². The van der Waals surface area contributed by atoms with Crippen LogP contribution in [0.1, 0.15) is 49.4 Å². The van der Waals surface area contributed by atoms with Crippen LogP contribution in [0.25, 0.3) is 0 Å². The van der Waals surface area contributed by atoms with E-state index in [1.54, 1.807) is 18.2 Å². The van der Waals surface area contributed by atoms with Gasteiger partial charge >= 0.3 is 0 Å². The van der Waals surface area contributed by atoms with E-state index in [1.165, 1.54) is 26.2 Å². The highest BCUT2D eigenvalue weighted by Crippen LogP contribution is 2.23. The molecule has 1 aliphatic carbocycles. The van der Waals surface area contributed by atoms with Gasteiger partial charge in [0.15, 0.2) is 12.4 Å². The van der Waals surface area contributed by atoms with E-state index in [4.69, 9.17) is 10.5 Å². The summed E-state index contributed by atoms with van der Waals surface area (Å²) in [7, 11) is 0. The Bertz CT molecular complexity index is 522. The van der Waals surface area contributed by atoms with Crippen LogP contribution in [0.5, 0.6) is 5.75 Å². The maximum absolute atomic E-state index is 11.8. The lowest BCUT2D eigenvalue weighted by Crippen LogP contribution is -2.39. The van der Waals surface area contributed by atoms with Crippen molar-refractivity contribution in [1.82, 2.24) is 5.32 Å². The van der Waals surface area contributed by atoms with Crippen LogP contribution in [0, 0.1) is 0 Å². The molecule has 5 heteroatoms. The molecule has 0 atom stereocenters.